The number of alkyl halides is 3. The Hall–Kier alpha value is -3.02. The van der Waals surface area contributed by atoms with E-state index < -0.39 is 12.3 Å². The molecule has 3 nitrogen and oxygen atoms in total. The first-order valence-corrected chi connectivity index (χ1v) is 6.95. The molecule has 6 heteroatoms. The number of hydrogen-bond donors (Lipinski definition) is 1. The number of carboxylic acids is 1. The molecule has 3 rings (SSSR count). The second-order valence-electron chi connectivity index (χ2n) is 5.15. The average Bonchev–Trinajstić information content (AvgIpc) is 2.53. The number of benzene rings is 3. The summed E-state index contributed by atoms with van der Waals surface area (Å²) in [5, 5.41) is 10.6. The van der Waals surface area contributed by atoms with Crippen LogP contribution >= 0.6 is 0 Å². The van der Waals surface area contributed by atoms with Gasteiger partial charge in [0.25, 0.3) is 0 Å². The van der Waals surface area contributed by atoms with E-state index in [2.05, 4.69) is 4.74 Å². The van der Waals surface area contributed by atoms with Crippen molar-refractivity contribution >= 4 is 16.7 Å². The van der Waals surface area contributed by atoms with E-state index in [0.717, 1.165) is 21.9 Å². The molecule has 0 bridgehead atoms. The van der Waals surface area contributed by atoms with Gasteiger partial charge in [0.2, 0.25) is 0 Å². The summed E-state index contributed by atoms with van der Waals surface area (Å²) in [6, 6.07) is 15.8. The van der Waals surface area contributed by atoms with Gasteiger partial charge < -0.3 is 9.84 Å². The Labute approximate surface area is 134 Å². The van der Waals surface area contributed by atoms with Gasteiger partial charge >= 0.3 is 12.3 Å². The van der Waals surface area contributed by atoms with E-state index in [-0.39, 0.29) is 11.3 Å². The molecule has 0 radical (unpaired) electrons. The first-order valence-electron chi connectivity index (χ1n) is 6.95. The molecule has 0 unspecified atom stereocenters. The monoisotopic (exact) mass is 332 g/mol. The van der Waals surface area contributed by atoms with Crippen LogP contribution in [0.15, 0.2) is 60.7 Å². The summed E-state index contributed by atoms with van der Waals surface area (Å²) in [5.74, 6) is -1.28. The Morgan fingerprint density at radius 3 is 2.04 bits per heavy atom. The van der Waals surface area contributed by atoms with Gasteiger partial charge in [0, 0.05) is 0 Å². The minimum absolute atomic E-state index is 0.198. The molecule has 0 saturated heterocycles. The highest BCUT2D eigenvalue weighted by Crippen LogP contribution is 2.28. The van der Waals surface area contributed by atoms with Crippen LogP contribution in [0.25, 0.3) is 21.9 Å². The Morgan fingerprint density at radius 2 is 1.42 bits per heavy atom. The van der Waals surface area contributed by atoms with Crippen LogP contribution in [0.5, 0.6) is 5.75 Å². The van der Waals surface area contributed by atoms with Crippen molar-refractivity contribution in [3.05, 3.63) is 66.2 Å². The van der Waals surface area contributed by atoms with E-state index in [1.54, 1.807) is 24.3 Å². The maximum atomic E-state index is 12.2. The van der Waals surface area contributed by atoms with Crippen molar-refractivity contribution in [1.82, 2.24) is 0 Å². The zero-order valence-electron chi connectivity index (χ0n) is 12.2. The van der Waals surface area contributed by atoms with Crippen molar-refractivity contribution in [3.8, 4) is 16.9 Å². The van der Waals surface area contributed by atoms with Crippen LogP contribution in [0.3, 0.4) is 0 Å². The molecule has 0 fully saturated rings. The molecule has 1 N–H and O–H groups in total. The van der Waals surface area contributed by atoms with E-state index in [1.807, 2.05) is 6.07 Å². The van der Waals surface area contributed by atoms with Gasteiger partial charge in [0.1, 0.15) is 5.75 Å². The molecule has 3 aromatic rings. The fraction of sp³-hybridized carbons (Fsp3) is 0.0556. The minimum Gasteiger partial charge on any atom is -0.478 e. The molecular weight excluding hydrogens is 321 g/mol. The van der Waals surface area contributed by atoms with Gasteiger partial charge in [0.05, 0.1) is 5.56 Å². The van der Waals surface area contributed by atoms with Crippen molar-refractivity contribution < 1.29 is 27.8 Å². The lowest BCUT2D eigenvalue weighted by Crippen LogP contribution is -2.16. The molecule has 24 heavy (non-hydrogen) atoms. The zero-order chi connectivity index (χ0) is 17.3. The molecule has 0 saturated carbocycles. The van der Waals surface area contributed by atoms with Crippen molar-refractivity contribution in [2.45, 2.75) is 6.36 Å². The maximum Gasteiger partial charge on any atom is 0.573 e. The molecule has 122 valence electrons. The Kier molecular flexibility index (Phi) is 3.89. The van der Waals surface area contributed by atoms with Crippen LogP contribution in [0.1, 0.15) is 10.4 Å². The lowest BCUT2D eigenvalue weighted by Gasteiger charge is -2.10. The third-order valence-corrected chi connectivity index (χ3v) is 3.51. The van der Waals surface area contributed by atoms with Gasteiger partial charge in [-0.1, -0.05) is 30.3 Å². The molecule has 0 amide bonds. The van der Waals surface area contributed by atoms with E-state index in [9.17, 15) is 18.0 Å². The smallest absolute Gasteiger partial charge is 0.478 e. The normalized spacial score (nSPS) is 11.5. The van der Waals surface area contributed by atoms with Gasteiger partial charge in [-0.15, -0.1) is 13.2 Å². The van der Waals surface area contributed by atoms with Gasteiger partial charge in [-0.25, -0.2) is 4.79 Å². The number of hydrogen-bond acceptors (Lipinski definition) is 2. The predicted octanol–water partition coefficient (Wildman–Crippen LogP) is 5.10. The maximum absolute atomic E-state index is 12.2. The fourth-order valence-electron chi connectivity index (χ4n) is 2.41. The van der Waals surface area contributed by atoms with Gasteiger partial charge in [-0.2, -0.15) is 0 Å². The highest BCUT2D eigenvalue weighted by atomic mass is 19.4. The number of carboxylic acid groups (broad SMARTS) is 1. The fourth-order valence-corrected chi connectivity index (χ4v) is 2.41. The number of fused-ring (bicyclic) bond motifs is 1. The van der Waals surface area contributed by atoms with Gasteiger partial charge in [-0.05, 0) is 52.2 Å². The second kappa shape index (κ2) is 5.88. The molecule has 0 atom stereocenters. The van der Waals surface area contributed by atoms with Crippen LogP contribution in [0.2, 0.25) is 0 Å². The van der Waals surface area contributed by atoms with Crippen molar-refractivity contribution in [1.29, 1.82) is 0 Å². The first kappa shape index (κ1) is 15.9. The summed E-state index contributed by atoms with van der Waals surface area (Å²) in [6.07, 6.45) is -4.72. The van der Waals surface area contributed by atoms with Gasteiger partial charge in [-0.3, -0.25) is 0 Å². The molecule has 0 heterocycles. The molecule has 0 spiro atoms. The molecule has 0 aliphatic heterocycles. The SMILES string of the molecule is O=C(O)c1ccc2cc(-c3ccc(OC(F)(F)F)cc3)ccc2c1. The van der Waals surface area contributed by atoms with Crippen LogP contribution in [-0.2, 0) is 0 Å². The van der Waals surface area contributed by atoms with Crippen LogP contribution < -0.4 is 4.74 Å². The Morgan fingerprint density at radius 1 is 0.833 bits per heavy atom. The molecular formula is C18H11F3O3. The number of aromatic carboxylic acids is 1. The van der Waals surface area contributed by atoms with Crippen LogP contribution in [0, 0.1) is 0 Å². The third kappa shape index (κ3) is 3.48. The summed E-state index contributed by atoms with van der Waals surface area (Å²) in [6.45, 7) is 0. The standard InChI is InChI=1S/C18H11F3O3/c19-18(20,21)24-16-7-5-11(6-8-16)12-1-2-14-10-15(17(22)23)4-3-13(14)9-12/h1-10H,(H,22,23). The molecule has 0 aliphatic rings. The summed E-state index contributed by atoms with van der Waals surface area (Å²) >= 11 is 0. The van der Waals surface area contributed by atoms with E-state index in [1.165, 1.54) is 30.3 Å². The second-order valence-corrected chi connectivity index (χ2v) is 5.15. The highest BCUT2D eigenvalue weighted by Gasteiger charge is 2.30. The van der Waals surface area contributed by atoms with Crippen LogP contribution in [0.4, 0.5) is 13.2 Å². The average molecular weight is 332 g/mol. The van der Waals surface area contributed by atoms with Crippen molar-refractivity contribution in [3.63, 3.8) is 0 Å². The number of carbonyl (C=O) groups is 1. The highest BCUT2D eigenvalue weighted by molar-refractivity contribution is 5.95. The van der Waals surface area contributed by atoms with Crippen molar-refractivity contribution in [2.24, 2.45) is 0 Å². The van der Waals surface area contributed by atoms with Crippen LogP contribution in [-0.4, -0.2) is 17.4 Å². The largest absolute Gasteiger partial charge is 0.573 e. The van der Waals surface area contributed by atoms with E-state index in [4.69, 9.17) is 5.11 Å². The van der Waals surface area contributed by atoms with E-state index in [0.29, 0.717) is 0 Å². The number of halogens is 3. The summed E-state index contributed by atoms with van der Waals surface area (Å²) < 4.78 is 40.3. The van der Waals surface area contributed by atoms with Crippen molar-refractivity contribution in [2.75, 3.05) is 0 Å². The predicted molar refractivity (Wildman–Crippen MR) is 83.0 cm³/mol. The lowest BCUT2D eigenvalue weighted by atomic mass is 10.00. The zero-order valence-corrected chi connectivity index (χ0v) is 12.2. The summed E-state index contributed by atoms with van der Waals surface area (Å²) in [5.41, 5.74) is 1.74. The Balaban J connectivity index is 1.92. The topological polar surface area (TPSA) is 46.5 Å². The van der Waals surface area contributed by atoms with E-state index >= 15 is 0 Å². The third-order valence-electron chi connectivity index (χ3n) is 3.51. The number of ether oxygens (including phenoxy) is 1. The summed E-state index contributed by atoms with van der Waals surface area (Å²) in [4.78, 5) is 11.0. The summed E-state index contributed by atoms with van der Waals surface area (Å²) in [7, 11) is 0. The molecule has 3 aromatic carbocycles. The van der Waals surface area contributed by atoms with Gasteiger partial charge in [0.15, 0.2) is 0 Å². The Bertz CT molecular complexity index is 900. The lowest BCUT2D eigenvalue weighted by molar-refractivity contribution is -0.274. The first-order chi connectivity index (χ1) is 11.3. The minimum atomic E-state index is -4.72. The molecule has 0 aromatic heterocycles. The molecule has 0 aliphatic carbocycles. The quantitative estimate of drug-likeness (QED) is 0.725. The number of rotatable bonds is 3.